The molecule has 0 atom stereocenters. The van der Waals surface area contributed by atoms with E-state index in [4.69, 9.17) is 0 Å². The van der Waals surface area contributed by atoms with Crippen molar-refractivity contribution in [3.63, 3.8) is 0 Å². The molecule has 34 heavy (non-hydrogen) atoms. The number of hydrogen-bond acceptors (Lipinski definition) is 0. The summed E-state index contributed by atoms with van der Waals surface area (Å²) in [6, 6.07) is 48.0. The summed E-state index contributed by atoms with van der Waals surface area (Å²) in [5.41, 5.74) is 4.11. The highest BCUT2D eigenvalue weighted by molar-refractivity contribution is 7.22. The molecule has 1 aliphatic rings. The number of benzene rings is 6. The average molecular weight is 449 g/mol. The zero-order valence-electron chi connectivity index (χ0n) is 19.1. The van der Waals surface area contributed by atoms with Crippen LogP contribution in [0.3, 0.4) is 0 Å². The molecule has 0 bridgehead atoms. The summed E-state index contributed by atoms with van der Waals surface area (Å²) in [4.78, 5) is 0. The van der Waals surface area contributed by atoms with E-state index >= 15 is 0 Å². The maximum absolute atomic E-state index is 2.50. The number of aryl methyl sites for hydroxylation is 1. The van der Waals surface area contributed by atoms with E-state index in [1.54, 1.807) is 0 Å². The quantitative estimate of drug-likeness (QED) is 0.299. The Morgan fingerprint density at radius 1 is 0.412 bits per heavy atom. The second kappa shape index (κ2) is 7.28. The Morgan fingerprint density at radius 3 is 1.47 bits per heavy atom. The van der Waals surface area contributed by atoms with Crippen molar-refractivity contribution >= 4 is 50.4 Å². The molecule has 0 nitrogen and oxygen atoms in total. The second-order valence-electron chi connectivity index (χ2n) is 9.48. The molecule has 0 radical (unpaired) electrons. The minimum atomic E-state index is -2.47. The summed E-state index contributed by atoms with van der Waals surface area (Å²) in [5.74, 6) is 0. The lowest BCUT2D eigenvalue weighted by Gasteiger charge is -2.31. The van der Waals surface area contributed by atoms with Crippen LogP contribution in [0.5, 0.6) is 0 Å². The lowest BCUT2D eigenvalue weighted by atomic mass is 9.98. The highest BCUT2D eigenvalue weighted by atomic mass is 28.3. The van der Waals surface area contributed by atoms with Crippen molar-refractivity contribution in [1.82, 2.24) is 0 Å². The van der Waals surface area contributed by atoms with Crippen LogP contribution in [-0.2, 0) is 0 Å². The van der Waals surface area contributed by atoms with Gasteiger partial charge >= 0.3 is 0 Å². The van der Waals surface area contributed by atoms with Gasteiger partial charge in [0, 0.05) is 0 Å². The van der Waals surface area contributed by atoms with Crippen molar-refractivity contribution in [3.8, 4) is 11.1 Å². The maximum atomic E-state index is 2.50. The molecule has 0 aliphatic carbocycles. The van der Waals surface area contributed by atoms with E-state index in [0.717, 1.165) is 0 Å². The van der Waals surface area contributed by atoms with Gasteiger partial charge in [0.15, 0.2) is 8.07 Å². The molecule has 1 heteroatoms. The van der Waals surface area contributed by atoms with Crippen LogP contribution in [0, 0.1) is 6.92 Å². The smallest absolute Gasteiger partial charge is 0.0623 e. The van der Waals surface area contributed by atoms with Crippen LogP contribution >= 0.6 is 0 Å². The largest absolute Gasteiger partial charge is 0.180 e. The summed E-state index contributed by atoms with van der Waals surface area (Å²) in [7, 11) is -2.47. The topological polar surface area (TPSA) is 0 Å². The molecule has 0 amide bonds. The van der Waals surface area contributed by atoms with Gasteiger partial charge in [-0.25, -0.2) is 0 Å². The monoisotopic (exact) mass is 448 g/mol. The SMILES string of the molecule is Cc1ccc2cc3c(cc2c1)-c1cc2ccccc2cc1[Si]3(c1ccccc1)c1ccccc1. The van der Waals surface area contributed by atoms with Gasteiger partial charge < -0.3 is 0 Å². The average Bonchev–Trinajstić information content (AvgIpc) is 3.16. The molecule has 1 heterocycles. The van der Waals surface area contributed by atoms with Crippen molar-refractivity contribution in [3.05, 3.63) is 133 Å². The van der Waals surface area contributed by atoms with E-state index in [1.165, 1.54) is 59.0 Å². The molecule has 0 saturated carbocycles. The molecule has 0 fully saturated rings. The van der Waals surface area contributed by atoms with Gasteiger partial charge in [0.2, 0.25) is 0 Å². The van der Waals surface area contributed by atoms with Crippen LogP contribution in [0.25, 0.3) is 32.7 Å². The van der Waals surface area contributed by atoms with Crippen LogP contribution in [0.4, 0.5) is 0 Å². The number of fused-ring (bicyclic) bond motifs is 5. The first kappa shape index (κ1) is 19.5. The third-order valence-corrected chi connectivity index (χ3v) is 12.4. The molecular formula is C33H24Si. The van der Waals surface area contributed by atoms with Gasteiger partial charge in [-0.3, -0.25) is 0 Å². The van der Waals surface area contributed by atoms with Crippen LogP contribution in [-0.4, -0.2) is 8.07 Å². The Morgan fingerprint density at radius 2 is 0.882 bits per heavy atom. The molecule has 0 N–H and O–H groups in total. The van der Waals surface area contributed by atoms with Crippen molar-refractivity contribution in [1.29, 1.82) is 0 Å². The van der Waals surface area contributed by atoms with Crippen molar-refractivity contribution in [2.75, 3.05) is 0 Å². The molecule has 0 spiro atoms. The molecule has 1 aliphatic heterocycles. The van der Waals surface area contributed by atoms with Crippen LogP contribution in [0.1, 0.15) is 5.56 Å². The molecule has 0 saturated heterocycles. The molecule has 6 aromatic rings. The highest BCUT2D eigenvalue weighted by Gasteiger charge is 2.48. The Balaban J connectivity index is 1.71. The second-order valence-corrected chi connectivity index (χ2v) is 13.2. The zero-order valence-corrected chi connectivity index (χ0v) is 20.1. The van der Waals surface area contributed by atoms with Crippen molar-refractivity contribution < 1.29 is 0 Å². The third kappa shape index (κ3) is 2.65. The van der Waals surface area contributed by atoms with Crippen molar-refractivity contribution in [2.24, 2.45) is 0 Å². The third-order valence-electron chi connectivity index (χ3n) is 7.53. The van der Waals surface area contributed by atoms with Gasteiger partial charge in [-0.15, -0.1) is 0 Å². The highest BCUT2D eigenvalue weighted by Crippen LogP contribution is 2.34. The summed E-state index contributed by atoms with van der Waals surface area (Å²) in [5, 5.41) is 11.2. The van der Waals surface area contributed by atoms with E-state index in [1.807, 2.05) is 0 Å². The van der Waals surface area contributed by atoms with Crippen molar-refractivity contribution in [2.45, 2.75) is 6.92 Å². The summed E-state index contributed by atoms with van der Waals surface area (Å²) >= 11 is 0. The lowest BCUT2D eigenvalue weighted by molar-refractivity contribution is 1.51. The van der Waals surface area contributed by atoms with Gasteiger partial charge in [-0.05, 0) is 72.5 Å². The minimum absolute atomic E-state index is 1.30. The summed E-state index contributed by atoms with van der Waals surface area (Å²) in [6.07, 6.45) is 0. The van der Waals surface area contributed by atoms with Gasteiger partial charge in [-0.2, -0.15) is 0 Å². The first-order chi connectivity index (χ1) is 16.7. The molecule has 0 aromatic heterocycles. The lowest BCUT2D eigenvalue weighted by Crippen LogP contribution is -2.72. The minimum Gasteiger partial charge on any atom is -0.0623 e. The first-order valence-electron chi connectivity index (χ1n) is 11.9. The molecule has 6 aromatic carbocycles. The van der Waals surface area contributed by atoms with Crippen LogP contribution in [0.15, 0.2) is 127 Å². The van der Waals surface area contributed by atoms with Gasteiger partial charge in [0.25, 0.3) is 0 Å². The first-order valence-corrected chi connectivity index (χ1v) is 13.9. The Kier molecular flexibility index (Phi) is 4.18. The van der Waals surface area contributed by atoms with Gasteiger partial charge in [-0.1, -0.05) is 121 Å². The fraction of sp³-hybridized carbons (Fsp3) is 0.0303. The number of hydrogen-bond donors (Lipinski definition) is 0. The number of rotatable bonds is 2. The van der Waals surface area contributed by atoms with E-state index in [2.05, 4.69) is 134 Å². The Labute approximate surface area is 201 Å². The normalized spacial score (nSPS) is 13.7. The van der Waals surface area contributed by atoms with E-state index in [-0.39, 0.29) is 0 Å². The zero-order chi connectivity index (χ0) is 22.7. The molecule has 160 valence electrons. The Bertz CT molecular complexity index is 1660. The standard InChI is InChI=1S/C33H24Si/c1-23-16-17-26-22-33-31(20-27(26)18-23)30-19-24-10-8-9-11-25(24)21-32(30)34(33,28-12-4-2-5-13-28)29-14-6-3-7-15-29/h2-22H,1H3. The fourth-order valence-corrected chi connectivity index (χ4v) is 11.3. The predicted octanol–water partition coefficient (Wildman–Crippen LogP) is 5.66. The van der Waals surface area contributed by atoms with E-state index in [9.17, 15) is 0 Å². The fourth-order valence-electron chi connectivity index (χ4n) is 6.03. The molecule has 7 rings (SSSR count). The summed E-state index contributed by atoms with van der Waals surface area (Å²) < 4.78 is 0. The van der Waals surface area contributed by atoms with Crippen LogP contribution < -0.4 is 20.7 Å². The van der Waals surface area contributed by atoms with Crippen LogP contribution in [0.2, 0.25) is 0 Å². The maximum Gasteiger partial charge on any atom is 0.180 e. The van der Waals surface area contributed by atoms with Gasteiger partial charge in [0.1, 0.15) is 0 Å². The Hall–Kier alpha value is -3.94. The van der Waals surface area contributed by atoms with E-state index < -0.39 is 8.07 Å². The predicted molar refractivity (Wildman–Crippen MR) is 149 cm³/mol. The molecular weight excluding hydrogens is 424 g/mol. The van der Waals surface area contributed by atoms with E-state index in [0.29, 0.717) is 0 Å². The molecule has 0 unspecified atom stereocenters. The van der Waals surface area contributed by atoms with Gasteiger partial charge in [0.05, 0.1) is 0 Å². The summed E-state index contributed by atoms with van der Waals surface area (Å²) in [6.45, 7) is 2.18.